The van der Waals surface area contributed by atoms with E-state index in [9.17, 15) is 18.0 Å². The number of amides is 2. The molecule has 0 atom stereocenters. The number of alkyl halides is 2. The second-order valence-corrected chi connectivity index (χ2v) is 5.42. The minimum Gasteiger partial charge on any atom is -0.492 e. The molecule has 0 fully saturated rings. The summed E-state index contributed by atoms with van der Waals surface area (Å²) in [5.74, 6) is 0.0558. The zero-order chi connectivity index (χ0) is 18.9. The van der Waals surface area contributed by atoms with Gasteiger partial charge >= 0.3 is 12.6 Å². The van der Waals surface area contributed by atoms with Gasteiger partial charge in [-0.3, -0.25) is 0 Å². The van der Waals surface area contributed by atoms with Crippen LogP contribution >= 0.6 is 0 Å². The molecule has 5 nitrogen and oxygen atoms in total. The first kappa shape index (κ1) is 19.4. The van der Waals surface area contributed by atoms with E-state index >= 15 is 0 Å². The Morgan fingerprint density at radius 3 is 2.54 bits per heavy atom. The number of nitrogens with zero attached hydrogens (tertiary/aromatic N) is 1. The van der Waals surface area contributed by atoms with Gasteiger partial charge in [-0.2, -0.15) is 8.78 Å². The maximum atomic E-state index is 13.0. The monoisotopic (exact) mass is 368 g/mol. The van der Waals surface area contributed by atoms with Gasteiger partial charge in [-0.15, -0.1) is 0 Å². The molecule has 0 spiro atoms. The second-order valence-electron chi connectivity index (χ2n) is 5.42. The van der Waals surface area contributed by atoms with Crippen LogP contribution in [0.15, 0.2) is 48.5 Å². The van der Waals surface area contributed by atoms with Crippen LogP contribution in [-0.2, 0) is 6.54 Å². The normalized spacial score (nSPS) is 10.5. The summed E-state index contributed by atoms with van der Waals surface area (Å²) in [6, 6.07) is 11.5. The molecule has 0 aliphatic heterocycles. The van der Waals surface area contributed by atoms with Crippen molar-refractivity contribution in [1.82, 2.24) is 10.2 Å². The van der Waals surface area contributed by atoms with E-state index in [1.807, 2.05) is 0 Å². The van der Waals surface area contributed by atoms with Crippen LogP contribution in [0.25, 0.3) is 0 Å². The van der Waals surface area contributed by atoms with Crippen molar-refractivity contribution in [3.63, 3.8) is 0 Å². The molecule has 8 heteroatoms. The fourth-order valence-electron chi connectivity index (χ4n) is 2.14. The number of nitrogens with one attached hydrogen (secondary N) is 1. The Kier molecular flexibility index (Phi) is 7.13. The molecule has 2 aromatic carbocycles. The molecule has 0 aromatic heterocycles. The maximum absolute atomic E-state index is 13.0. The van der Waals surface area contributed by atoms with E-state index in [1.54, 1.807) is 25.2 Å². The summed E-state index contributed by atoms with van der Waals surface area (Å²) < 4.78 is 46.8. The summed E-state index contributed by atoms with van der Waals surface area (Å²) in [5, 5.41) is 2.67. The lowest BCUT2D eigenvalue weighted by Crippen LogP contribution is -2.38. The summed E-state index contributed by atoms with van der Waals surface area (Å²) >= 11 is 0. The third-order valence-corrected chi connectivity index (χ3v) is 3.36. The number of rotatable bonds is 8. The summed E-state index contributed by atoms with van der Waals surface area (Å²) in [7, 11) is 1.60. The largest absolute Gasteiger partial charge is 0.492 e. The molecule has 26 heavy (non-hydrogen) atoms. The van der Waals surface area contributed by atoms with E-state index < -0.39 is 12.4 Å². The average Bonchev–Trinajstić information content (AvgIpc) is 2.60. The molecule has 0 aliphatic carbocycles. The molecule has 2 aromatic rings. The van der Waals surface area contributed by atoms with Gasteiger partial charge in [-0.05, 0) is 29.8 Å². The Balaban J connectivity index is 1.71. The number of urea groups is 1. The van der Waals surface area contributed by atoms with Crippen molar-refractivity contribution in [3.05, 3.63) is 59.9 Å². The first-order valence-corrected chi connectivity index (χ1v) is 7.85. The van der Waals surface area contributed by atoms with Gasteiger partial charge in [0.1, 0.15) is 23.9 Å². The van der Waals surface area contributed by atoms with E-state index in [1.165, 1.54) is 35.2 Å². The van der Waals surface area contributed by atoms with Gasteiger partial charge < -0.3 is 19.7 Å². The maximum Gasteiger partial charge on any atom is 0.387 e. The molecular weight excluding hydrogens is 349 g/mol. The molecule has 1 N–H and O–H groups in total. The van der Waals surface area contributed by atoms with E-state index in [-0.39, 0.29) is 24.9 Å². The summed E-state index contributed by atoms with van der Waals surface area (Å²) in [5.41, 5.74) is 0.764. The van der Waals surface area contributed by atoms with Crippen molar-refractivity contribution >= 4 is 6.03 Å². The van der Waals surface area contributed by atoms with Crippen molar-refractivity contribution < 1.29 is 27.4 Å². The topological polar surface area (TPSA) is 50.8 Å². The smallest absolute Gasteiger partial charge is 0.387 e. The molecule has 0 saturated carbocycles. The molecule has 140 valence electrons. The Hall–Kier alpha value is -2.90. The molecule has 0 saturated heterocycles. The van der Waals surface area contributed by atoms with Crippen LogP contribution in [0.5, 0.6) is 11.5 Å². The van der Waals surface area contributed by atoms with Crippen LogP contribution in [-0.4, -0.2) is 37.7 Å². The van der Waals surface area contributed by atoms with Crippen molar-refractivity contribution in [2.75, 3.05) is 20.2 Å². The second kappa shape index (κ2) is 9.55. The van der Waals surface area contributed by atoms with Gasteiger partial charge in [0.05, 0.1) is 6.54 Å². The minimum absolute atomic E-state index is 0.0605. The van der Waals surface area contributed by atoms with E-state index in [2.05, 4.69) is 10.1 Å². The predicted molar refractivity (Wildman–Crippen MR) is 89.8 cm³/mol. The van der Waals surface area contributed by atoms with E-state index in [4.69, 9.17) is 4.74 Å². The lowest BCUT2D eigenvalue weighted by Gasteiger charge is -2.18. The third kappa shape index (κ3) is 6.54. The Morgan fingerprint density at radius 2 is 1.88 bits per heavy atom. The zero-order valence-corrected chi connectivity index (χ0v) is 14.1. The number of carbonyl (C=O) groups excluding carboxylic acids is 1. The first-order valence-electron chi connectivity index (χ1n) is 7.85. The first-order chi connectivity index (χ1) is 12.4. The summed E-state index contributed by atoms with van der Waals surface area (Å²) in [6.07, 6.45) is 0. The van der Waals surface area contributed by atoms with Crippen molar-refractivity contribution in [2.45, 2.75) is 13.2 Å². The average molecular weight is 368 g/mol. The highest BCUT2D eigenvalue weighted by molar-refractivity contribution is 5.73. The van der Waals surface area contributed by atoms with Crippen LogP contribution in [0.1, 0.15) is 5.56 Å². The Morgan fingerprint density at radius 1 is 1.15 bits per heavy atom. The summed E-state index contributed by atoms with van der Waals surface area (Å²) in [4.78, 5) is 13.4. The van der Waals surface area contributed by atoms with Crippen LogP contribution in [0.4, 0.5) is 18.0 Å². The van der Waals surface area contributed by atoms with Gasteiger partial charge in [-0.25, -0.2) is 9.18 Å². The van der Waals surface area contributed by atoms with Crippen molar-refractivity contribution in [1.29, 1.82) is 0 Å². The number of halogens is 3. The van der Waals surface area contributed by atoms with Gasteiger partial charge in [0.2, 0.25) is 0 Å². The standard InChI is InChI=1S/C18H19F3N2O3/c1-23(12-13-5-7-15(8-6-13)26-17(20)21)18(24)22-9-10-25-16-4-2-3-14(19)11-16/h2-8,11,17H,9-10,12H2,1H3,(H,22,24). The number of benzene rings is 2. The highest BCUT2D eigenvalue weighted by atomic mass is 19.3. The number of hydrogen-bond donors (Lipinski definition) is 1. The van der Waals surface area contributed by atoms with Crippen LogP contribution < -0.4 is 14.8 Å². The minimum atomic E-state index is -2.87. The summed E-state index contributed by atoms with van der Waals surface area (Å²) in [6.45, 7) is -2.13. The lowest BCUT2D eigenvalue weighted by molar-refractivity contribution is -0.0498. The molecule has 0 radical (unpaired) electrons. The number of carbonyl (C=O) groups is 1. The molecule has 0 aliphatic rings. The van der Waals surface area contributed by atoms with Crippen LogP contribution in [0.3, 0.4) is 0 Å². The highest BCUT2D eigenvalue weighted by Gasteiger charge is 2.09. The fourth-order valence-corrected chi connectivity index (χ4v) is 2.14. The van der Waals surface area contributed by atoms with Crippen LogP contribution in [0.2, 0.25) is 0 Å². The number of hydrogen-bond acceptors (Lipinski definition) is 3. The predicted octanol–water partition coefficient (Wildman–Crippen LogP) is 3.65. The van der Waals surface area contributed by atoms with Gasteiger partial charge in [0, 0.05) is 19.7 Å². The molecule has 0 heterocycles. The van der Waals surface area contributed by atoms with Crippen molar-refractivity contribution in [3.8, 4) is 11.5 Å². The van der Waals surface area contributed by atoms with Crippen molar-refractivity contribution in [2.24, 2.45) is 0 Å². The zero-order valence-electron chi connectivity index (χ0n) is 14.1. The molecule has 0 unspecified atom stereocenters. The highest BCUT2D eigenvalue weighted by Crippen LogP contribution is 2.15. The Labute approximate surface area is 149 Å². The van der Waals surface area contributed by atoms with Gasteiger partial charge in [-0.1, -0.05) is 18.2 Å². The molecular formula is C18H19F3N2O3. The SMILES string of the molecule is CN(Cc1ccc(OC(F)F)cc1)C(=O)NCCOc1cccc(F)c1. The quantitative estimate of drug-likeness (QED) is 0.724. The molecule has 2 amide bonds. The number of ether oxygens (including phenoxy) is 2. The molecule has 0 bridgehead atoms. The van der Waals surface area contributed by atoms with E-state index in [0.717, 1.165) is 5.56 Å². The van der Waals surface area contributed by atoms with Crippen LogP contribution in [0, 0.1) is 5.82 Å². The lowest BCUT2D eigenvalue weighted by atomic mass is 10.2. The van der Waals surface area contributed by atoms with Gasteiger partial charge in [0.25, 0.3) is 0 Å². The third-order valence-electron chi connectivity index (χ3n) is 3.36. The Bertz CT molecular complexity index is 711. The van der Waals surface area contributed by atoms with E-state index in [0.29, 0.717) is 12.3 Å². The fraction of sp³-hybridized carbons (Fsp3) is 0.278. The van der Waals surface area contributed by atoms with Gasteiger partial charge in [0.15, 0.2) is 0 Å². The molecule has 2 rings (SSSR count).